The van der Waals surface area contributed by atoms with Gasteiger partial charge in [0.1, 0.15) is 5.75 Å². The highest BCUT2D eigenvalue weighted by molar-refractivity contribution is 6.00. The zero-order chi connectivity index (χ0) is 17.6. The van der Waals surface area contributed by atoms with Crippen LogP contribution in [0.5, 0.6) is 5.75 Å². The second-order valence-electron chi connectivity index (χ2n) is 5.84. The van der Waals surface area contributed by atoms with E-state index in [-0.39, 0.29) is 24.8 Å². The molecule has 2 aromatic carbocycles. The standard InChI is InChI=1S/C19H20N2O4/c1-24-17-9-7-16(8-10-17)21-12-15(11-18(21)22)19(23)20-25-13-14-5-3-2-4-6-14/h2-10,15H,11-13H2,1H3,(H,20,23). The number of carbonyl (C=O) groups is 2. The summed E-state index contributed by atoms with van der Waals surface area (Å²) in [7, 11) is 1.59. The van der Waals surface area contributed by atoms with Crippen molar-refractivity contribution in [1.29, 1.82) is 0 Å². The lowest BCUT2D eigenvalue weighted by Crippen LogP contribution is -2.33. The minimum absolute atomic E-state index is 0.0756. The second-order valence-corrected chi connectivity index (χ2v) is 5.84. The van der Waals surface area contributed by atoms with Gasteiger partial charge in [0.2, 0.25) is 11.8 Å². The molecule has 1 aliphatic rings. The molecule has 3 rings (SSSR count). The predicted molar refractivity (Wildman–Crippen MR) is 92.8 cm³/mol. The Balaban J connectivity index is 1.53. The highest BCUT2D eigenvalue weighted by Gasteiger charge is 2.35. The number of ether oxygens (including phenoxy) is 1. The van der Waals surface area contributed by atoms with Gasteiger partial charge in [0.15, 0.2) is 0 Å². The van der Waals surface area contributed by atoms with Gasteiger partial charge in [-0.25, -0.2) is 5.48 Å². The number of hydrogen-bond donors (Lipinski definition) is 1. The smallest absolute Gasteiger partial charge is 0.248 e. The second kappa shape index (κ2) is 7.81. The molecular formula is C19H20N2O4. The molecule has 130 valence electrons. The van der Waals surface area contributed by atoms with Crippen molar-refractivity contribution in [3.63, 3.8) is 0 Å². The van der Waals surface area contributed by atoms with Gasteiger partial charge in [0, 0.05) is 18.7 Å². The number of nitrogens with zero attached hydrogens (tertiary/aromatic N) is 1. The molecule has 0 spiro atoms. The van der Waals surface area contributed by atoms with Crippen LogP contribution < -0.4 is 15.1 Å². The third-order valence-electron chi connectivity index (χ3n) is 4.13. The first kappa shape index (κ1) is 17.0. The normalized spacial score (nSPS) is 16.8. The van der Waals surface area contributed by atoms with Crippen molar-refractivity contribution in [3.05, 3.63) is 60.2 Å². The van der Waals surface area contributed by atoms with Gasteiger partial charge < -0.3 is 9.64 Å². The SMILES string of the molecule is COc1ccc(N2CC(C(=O)NOCc3ccccc3)CC2=O)cc1. The van der Waals surface area contributed by atoms with Gasteiger partial charge in [-0.2, -0.15) is 0 Å². The van der Waals surface area contributed by atoms with Crippen molar-refractivity contribution in [1.82, 2.24) is 5.48 Å². The number of hydroxylamine groups is 1. The minimum Gasteiger partial charge on any atom is -0.497 e. The van der Waals surface area contributed by atoms with E-state index in [1.807, 2.05) is 42.5 Å². The Morgan fingerprint density at radius 2 is 1.88 bits per heavy atom. The summed E-state index contributed by atoms with van der Waals surface area (Å²) in [6.07, 6.45) is 0.173. The first-order valence-corrected chi connectivity index (χ1v) is 8.07. The van der Waals surface area contributed by atoms with E-state index in [1.54, 1.807) is 24.1 Å². The summed E-state index contributed by atoms with van der Waals surface area (Å²) in [6.45, 7) is 0.626. The van der Waals surface area contributed by atoms with Crippen molar-refractivity contribution in [2.45, 2.75) is 13.0 Å². The lowest BCUT2D eigenvalue weighted by Gasteiger charge is -2.17. The van der Waals surface area contributed by atoms with Crippen LogP contribution in [0.25, 0.3) is 0 Å². The number of carbonyl (C=O) groups excluding carboxylic acids is 2. The van der Waals surface area contributed by atoms with Crippen LogP contribution in [0, 0.1) is 5.92 Å². The first-order valence-electron chi connectivity index (χ1n) is 8.07. The van der Waals surface area contributed by atoms with Crippen LogP contribution in [0.15, 0.2) is 54.6 Å². The van der Waals surface area contributed by atoms with Gasteiger partial charge in [-0.3, -0.25) is 14.4 Å². The summed E-state index contributed by atoms with van der Waals surface area (Å²) in [5.41, 5.74) is 4.17. The third kappa shape index (κ3) is 4.16. The van der Waals surface area contributed by atoms with Crippen molar-refractivity contribution in [2.24, 2.45) is 5.92 Å². The third-order valence-corrected chi connectivity index (χ3v) is 4.13. The molecule has 2 amide bonds. The summed E-state index contributed by atoms with van der Waals surface area (Å²) in [5, 5.41) is 0. The van der Waals surface area contributed by atoms with Gasteiger partial charge in [0.05, 0.1) is 19.6 Å². The predicted octanol–water partition coefficient (Wildman–Crippen LogP) is 2.30. The maximum absolute atomic E-state index is 12.2. The summed E-state index contributed by atoms with van der Waals surface area (Å²) in [6, 6.07) is 16.8. The molecule has 1 unspecified atom stereocenters. The lowest BCUT2D eigenvalue weighted by atomic mass is 10.1. The quantitative estimate of drug-likeness (QED) is 0.820. The number of anilines is 1. The van der Waals surface area contributed by atoms with E-state index in [9.17, 15) is 9.59 Å². The van der Waals surface area contributed by atoms with Crippen molar-refractivity contribution in [3.8, 4) is 5.75 Å². The van der Waals surface area contributed by atoms with E-state index < -0.39 is 5.92 Å². The Kier molecular flexibility index (Phi) is 5.30. The highest BCUT2D eigenvalue weighted by atomic mass is 16.6. The number of methoxy groups -OCH3 is 1. The van der Waals surface area contributed by atoms with E-state index in [4.69, 9.17) is 9.57 Å². The zero-order valence-corrected chi connectivity index (χ0v) is 14.0. The largest absolute Gasteiger partial charge is 0.497 e. The number of amides is 2. The van der Waals surface area contributed by atoms with Crippen LogP contribution in [-0.4, -0.2) is 25.5 Å². The minimum atomic E-state index is -0.426. The molecule has 1 heterocycles. The molecule has 0 saturated carbocycles. The van der Waals surface area contributed by atoms with E-state index in [2.05, 4.69) is 5.48 Å². The maximum Gasteiger partial charge on any atom is 0.248 e. The molecule has 0 radical (unpaired) electrons. The van der Waals surface area contributed by atoms with Crippen molar-refractivity contribution in [2.75, 3.05) is 18.6 Å². The molecule has 1 aliphatic heterocycles. The van der Waals surface area contributed by atoms with Crippen LogP contribution in [0.3, 0.4) is 0 Å². The van der Waals surface area contributed by atoms with Crippen LogP contribution in [0.2, 0.25) is 0 Å². The summed E-state index contributed by atoms with van der Waals surface area (Å²) in [4.78, 5) is 31.3. The van der Waals surface area contributed by atoms with E-state index in [1.165, 1.54) is 0 Å². The fourth-order valence-electron chi connectivity index (χ4n) is 2.74. The Hall–Kier alpha value is -2.86. The summed E-state index contributed by atoms with van der Waals surface area (Å²) in [5.74, 6) is -0.0574. The van der Waals surface area contributed by atoms with Gasteiger partial charge in [-0.05, 0) is 29.8 Å². The van der Waals surface area contributed by atoms with E-state index >= 15 is 0 Å². The van der Waals surface area contributed by atoms with Crippen LogP contribution >= 0.6 is 0 Å². The van der Waals surface area contributed by atoms with Crippen LogP contribution in [0.4, 0.5) is 5.69 Å². The van der Waals surface area contributed by atoms with Crippen LogP contribution in [-0.2, 0) is 21.0 Å². The van der Waals surface area contributed by atoms with Crippen LogP contribution in [0.1, 0.15) is 12.0 Å². The number of rotatable bonds is 6. The fraction of sp³-hybridized carbons (Fsp3) is 0.263. The topological polar surface area (TPSA) is 67.9 Å². The Bertz CT molecular complexity index is 731. The monoisotopic (exact) mass is 340 g/mol. The van der Waals surface area contributed by atoms with Gasteiger partial charge in [-0.1, -0.05) is 30.3 Å². The molecule has 0 bridgehead atoms. The molecule has 1 N–H and O–H groups in total. The Morgan fingerprint density at radius 3 is 2.56 bits per heavy atom. The molecule has 0 aromatic heterocycles. The highest BCUT2D eigenvalue weighted by Crippen LogP contribution is 2.26. The van der Waals surface area contributed by atoms with Crippen molar-refractivity contribution < 1.29 is 19.2 Å². The average Bonchev–Trinajstić information content (AvgIpc) is 3.04. The lowest BCUT2D eigenvalue weighted by molar-refractivity contribution is -0.138. The first-order chi connectivity index (χ1) is 12.2. The molecular weight excluding hydrogens is 320 g/mol. The summed E-state index contributed by atoms with van der Waals surface area (Å²) < 4.78 is 5.11. The fourth-order valence-corrected chi connectivity index (χ4v) is 2.74. The zero-order valence-electron chi connectivity index (χ0n) is 14.0. The molecule has 6 nitrogen and oxygen atoms in total. The number of nitrogens with one attached hydrogen (secondary N) is 1. The molecule has 1 atom stereocenters. The molecule has 6 heteroatoms. The van der Waals surface area contributed by atoms with E-state index in [0.717, 1.165) is 17.0 Å². The Morgan fingerprint density at radius 1 is 1.16 bits per heavy atom. The Labute approximate surface area is 146 Å². The molecule has 1 fully saturated rings. The molecule has 2 aromatic rings. The van der Waals surface area contributed by atoms with E-state index in [0.29, 0.717) is 6.54 Å². The van der Waals surface area contributed by atoms with Gasteiger partial charge >= 0.3 is 0 Å². The summed E-state index contributed by atoms with van der Waals surface area (Å²) >= 11 is 0. The number of benzene rings is 2. The number of hydrogen-bond acceptors (Lipinski definition) is 4. The van der Waals surface area contributed by atoms with Crippen molar-refractivity contribution >= 4 is 17.5 Å². The average molecular weight is 340 g/mol. The molecule has 25 heavy (non-hydrogen) atoms. The molecule has 1 saturated heterocycles. The van der Waals surface area contributed by atoms with Gasteiger partial charge in [0.25, 0.3) is 0 Å². The molecule has 0 aliphatic carbocycles. The van der Waals surface area contributed by atoms with Gasteiger partial charge in [-0.15, -0.1) is 0 Å². The maximum atomic E-state index is 12.2.